The van der Waals surface area contributed by atoms with E-state index in [4.69, 9.17) is 0 Å². The fourth-order valence-electron chi connectivity index (χ4n) is 3.01. The first-order chi connectivity index (χ1) is 10.2. The van der Waals surface area contributed by atoms with Crippen molar-refractivity contribution in [3.8, 4) is 0 Å². The van der Waals surface area contributed by atoms with Gasteiger partial charge in [-0.15, -0.1) is 11.3 Å². The summed E-state index contributed by atoms with van der Waals surface area (Å²) in [5.74, 6) is 0.915. The molecule has 1 saturated heterocycles. The molecule has 110 valence electrons. The van der Waals surface area contributed by atoms with Crippen LogP contribution in [0.3, 0.4) is 0 Å². The maximum atomic E-state index is 12.5. The Bertz CT molecular complexity index is 597. The summed E-state index contributed by atoms with van der Waals surface area (Å²) in [6.45, 7) is 3.82. The SMILES string of the molecule is Cc1cccc(C(=O)N2CCC(Cc3cccs3)CC2)c1. The van der Waals surface area contributed by atoms with Gasteiger partial charge in [-0.25, -0.2) is 0 Å². The summed E-state index contributed by atoms with van der Waals surface area (Å²) in [5.41, 5.74) is 1.97. The van der Waals surface area contributed by atoms with Crippen LogP contribution in [0.25, 0.3) is 0 Å². The number of amides is 1. The fourth-order valence-corrected chi connectivity index (χ4v) is 3.84. The molecule has 3 heteroatoms. The number of hydrogen-bond donors (Lipinski definition) is 0. The lowest BCUT2D eigenvalue weighted by molar-refractivity contribution is 0.0691. The highest BCUT2D eigenvalue weighted by molar-refractivity contribution is 7.09. The van der Waals surface area contributed by atoms with Crippen molar-refractivity contribution in [2.24, 2.45) is 5.92 Å². The second-order valence-electron chi connectivity index (χ2n) is 5.89. The quantitative estimate of drug-likeness (QED) is 0.833. The normalized spacial score (nSPS) is 16.1. The van der Waals surface area contributed by atoms with Gasteiger partial charge in [-0.05, 0) is 55.7 Å². The molecule has 0 unspecified atom stereocenters. The van der Waals surface area contributed by atoms with E-state index in [-0.39, 0.29) is 5.91 Å². The summed E-state index contributed by atoms with van der Waals surface area (Å²) < 4.78 is 0. The highest BCUT2D eigenvalue weighted by atomic mass is 32.1. The summed E-state index contributed by atoms with van der Waals surface area (Å²) in [5, 5.41) is 2.14. The highest BCUT2D eigenvalue weighted by Gasteiger charge is 2.23. The van der Waals surface area contributed by atoms with E-state index in [1.54, 1.807) is 0 Å². The third-order valence-electron chi connectivity index (χ3n) is 4.24. The molecule has 1 fully saturated rings. The predicted molar refractivity (Wildman–Crippen MR) is 87.8 cm³/mol. The number of nitrogens with zero attached hydrogens (tertiary/aromatic N) is 1. The Morgan fingerprint density at radius 1 is 1.24 bits per heavy atom. The first-order valence-electron chi connectivity index (χ1n) is 7.61. The van der Waals surface area contributed by atoms with E-state index < -0.39 is 0 Å². The number of thiophene rings is 1. The molecular formula is C18H21NOS. The molecule has 0 radical (unpaired) electrons. The monoisotopic (exact) mass is 299 g/mol. The molecule has 0 spiro atoms. The third kappa shape index (κ3) is 3.53. The first kappa shape index (κ1) is 14.3. The predicted octanol–water partition coefficient (Wildman–Crippen LogP) is 4.15. The number of benzene rings is 1. The maximum absolute atomic E-state index is 12.5. The van der Waals surface area contributed by atoms with Crippen molar-refractivity contribution in [1.29, 1.82) is 0 Å². The number of carbonyl (C=O) groups excluding carboxylic acids is 1. The van der Waals surface area contributed by atoms with Crippen LogP contribution in [0.15, 0.2) is 41.8 Å². The van der Waals surface area contributed by atoms with E-state index in [1.807, 2.05) is 47.4 Å². The van der Waals surface area contributed by atoms with Gasteiger partial charge in [-0.1, -0.05) is 23.8 Å². The van der Waals surface area contributed by atoms with Gasteiger partial charge in [0.05, 0.1) is 0 Å². The van der Waals surface area contributed by atoms with Crippen molar-refractivity contribution in [3.63, 3.8) is 0 Å². The maximum Gasteiger partial charge on any atom is 0.253 e. The van der Waals surface area contributed by atoms with Crippen LogP contribution in [0.2, 0.25) is 0 Å². The summed E-state index contributed by atoms with van der Waals surface area (Å²) in [6, 6.07) is 12.2. The molecule has 0 saturated carbocycles. The average Bonchev–Trinajstić information content (AvgIpc) is 3.00. The molecule has 2 aromatic rings. The molecule has 0 bridgehead atoms. The Labute approximate surface area is 130 Å². The van der Waals surface area contributed by atoms with Crippen molar-refractivity contribution >= 4 is 17.2 Å². The van der Waals surface area contributed by atoms with Gasteiger partial charge in [-0.2, -0.15) is 0 Å². The molecule has 21 heavy (non-hydrogen) atoms. The molecule has 1 aromatic carbocycles. The van der Waals surface area contributed by atoms with Crippen LogP contribution in [0.1, 0.15) is 33.6 Å². The lowest BCUT2D eigenvalue weighted by Crippen LogP contribution is -2.38. The van der Waals surface area contributed by atoms with Crippen LogP contribution in [-0.4, -0.2) is 23.9 Å². The smallest absolute Gasteiger partial charge is 0.253 e. The zero-order chi connectivity index (χ0) is 14.7. The number of carbonyl (C=O) groups is 1. The Morgan fingerprint density at radius 2 is 2.05 bits per heavy atom. The van der Waals surface area contributed by atoms with E-state index in [2.05, 4.69) is 17.5 Å². The largest absolute Gasteiger partial charge is 0.339 e. The first-order valence-corrected chi connectivity index (χ1v) is 8.48. The van der Waals surface area contributed by atoms with Crippen LogP contribution >= 0.6 is 11.3 Å². The number of likely N-dealkylation sites (tertiary alicyclic amines) is 1. The van der Waals surface area contributed by atoms with Gasteiger partial charge in [0.2, 0.25) is 0 Å². The van der Waals surface area contributed by atoms with E-state index in [1.165, 1.54) is 11.3 Å². The molecule has 1 amide bonds. The third-order valence-corrected chi connectivity index (χ3v) is 5.14. The van der Waals surface area contributed by atoms with Crippen molar-refractivity contribution in [3.05, 3.63) is 57.8 Å². The number of rotatable bonds is 3. The van der Waals surface area contributed by atoms with E-state index in [0.29, 0.717) is 0 Å². The topological polar surface area (TPSA) is 20.3 Å². The second-order valence-corrected chi connectivity index (χ2v) is 6.92. The van der Waals surface area contributed by atoms with E-state index in [0.717, 1.165) is 43.0 Å². The molecule has 0 atom stereocenters. The minimum absolute atomic E-state index is 0.188. The van der Waals surface area contributed by atoms with Gasteiger partial charge in [0.15, 0.2) is 0 Å². The Balaban J connectivity index is 1.57. The van der Waals surface area contributed by atoms with Crippen molar-refractivity contribution in [1.82, 2.24) is 4.90 Å². The summed E-state index contributed by atoms with van der Waals surface area (Å²) >= 11 is 1.84. The highest BCUT2D eigenvalue weighted by Crippen LogP contribution is 2.24. The number of hydrogen-bond acceptors (Lipinski definition) is 2. The fraction of sp³-hybridized carbons (Fsp3) is 0.389. The summed E-state index contributed by atoms with van der Waals surface area (Å²) in [6.07, 6.45) is 3.41. The van der Waals surface area contributed by atoms with Gasteiger partial charge >= 0.3 is 0 Å². The molecular weight excluding hydrogens is 278 g/mol. The Kier molecular flexibility index (Phi) is 4.39. The Morgan fingerprint density at radius 3 is 2.71 bits per heavy atom. The van der Waals surface area contributed by atoms with Crippen molar-refractivity contribution in [2.75, 3.05) is 13.1 Å². The molecule has 0 N–H and O–H groups in total. The average molecular weight is 299 g/mol. The minimum Gasteiger partial charge on any atom is -0.339 e. The zero-order valence-corrected chi connectivity index (χ0v) is 13.2. The van der Waals surface area contributed by atoms with Crippen LogP contribution in [0.5, 0.6) is 0 Å². The second kappa shape index (κ2) is 6.44. The van der Waals surface area contributed by atoms with E-state index >= 15 is 0 Å². The molecule has 1 aromatic heterocycles. The number of aryl methyl sites for hydroxylation is 1. The van der Waals surface area contributed by atoms with Crippen LogP contribution in [0.4, 0.5) is 0 Å². The van der Waals surface area contributed by atoms with Gasteiger partial charge in [0, 0.05) is 23.5 Å². The van der Waals surface area contributed by atoms with Crippen LogP contribution in [-0.2, 0) is 6.42 Å². The summed E-state index contributed by atoms with van der Waals surface area (Å²) in [7, 11) is 0. The lowest BCUT2D eigenvalue weighted by atomic mass is 9.92. The molecule has 1 aliphatic rings. The molecule has 2 nitrogen and oxygen atoms in total. The molecule has 0 aliphatic carbocycles. The van der Waals surface area contributed by atoms with Gasteiger partial charge in [-0.3, -0.25) is 4.79 Å². The number of piperidine rings is 1. The van der Waals surface area contributed by atoms with Gasteiger partial charge in [0.25, 0.3) is 5.91 Å². The van der Waals surface area contributed by atoms with Crippen LogP contribution in [0, 0.1) is 12.8 Å². The van der Waals surface area contributed by atoms with Gasteiger partial charge in [0.1, 0.15) is 0 Å². The molecule has 1 aliphatic heterocycles. The van der Waals surface area contributed by atoms with Crippen LogP contribution < -0.4 is 0 Å². The Hall–Kier alpha value is -1.61. The van der Waals surface area contributed by atoms with E-state index in [9.17, 15) is 4.79 Å². The zero-order valence-electron chi connectivity index (χ0n) is 12.4. The molecule has 3 rings (SSSR count). The van der Waals surface area contributed by atoms with Gasteiger partial charge < -0.3 is 4.90 Å². The standard InChI is InChI=1S/C18H21NOS/c1-14-4-2-5-16(12-14)18(20)19-9-7-15(8-10-19)13-17-6-3-11-21-17/h2-6,11-12,15H,7-10,13H2,1H3. The molecule has 2 heterocycles. The lowest BCUT2D eigenvalue weighted by Gasteiger charge is -2.32. The van der Waals surface area contributed by atoms with Crippen molar-refractivity contribution in [2.45, 2.75) is 26.2 Å². The summed E-state index contributed by atoms with van der Waals surface area (Å²) in [4.78, 5) is 16.0. The minimum atomic E-state index is 0.188. The van der Waals surface area contributed by atoms with Crippen molar-refractivity contribution < 1.29 is 4.79 Å².